The molecule has 1 unspecified atom stereocenters. The van der Waals surface area contributed by atoms with E-state index in [1.165, 1.54) is 5.69 Å². The lowest BCUT2D eigenvalue weighted by atomic mass is 10.2. The zero-order chi connectivity index (χ0) is 11.7. The summed E-state index contributed by atoms with van der Waals surface area (Å²) in [6.45, 7) is 8.41. The molecule has 0 aromatic carbocycles. The fourth-order valence-electron chi connectivity index (χ4n) is 1.79. The molecule has 1 atom stereocenters. The van der Waals surface area contributed by atoms with Gasteiger partial charge in [0.15, 0.2) is 4.96 Å². The number of aromatic nitrogens is 2. The molecular formula is C11H14ClN3S. The standard InChI is InChI=1S/C11H14ClN3S/c1-7(12)6-13-8(2)10-9(3)14-11-15(10)4-5-16-11/h4-5,8,13H,1,6H2,2-3H3. The second-order valence-corrected chi connectivity index (χ2v) is 5.17. The Balaban J connectivity index is 2.27. The van der Waals surface area contributed by atoms with Crippen molar-refractivity contribution < 1.29 is 0 Å². The zero-order valence-corrected chi connectivity index (χ0v) is 10.9. The monoisotopic (exact) mass is 255 g/mol. The molecule has 0 saturated carbocycles. The van der Waals surface area contributed by atoms with Crippen LogP contribution in [-0.4, -0.2) is 15.9 Å². The predicted molar refractivity (Wildman–Crippen MR) is 69.2 cm³/mol. The van der Waals surface area contributed by atoms with Gasteiger partial charge in [0.2, 0.25) is 0 Å². The molecule has 0 saturated heterocycles. The van der Waals surface area contributed by atoms with Gasteiger partial charge in [0.05, 0.1) is 11.4 Å². The van der Waals surface area contributed by atoms with Crippen LogP contribution in [0.5, 0.6) is 0 Å². The highest BCUT2D eigenvalue weighted by molar-refractivity contribution is 7.15. The van der Waals surface area contributed by atoms with E-state index in [4.69, 9.17) is 11.6 Å². The second kappa shape index (κ2) is 4.57. The molecular weight excluding hydrogens is 242 g/mol. The van der Waals surface area contributed by atoms with Crippen molar-refractivity contribution in [2.45, 2.75) is 19.9 Å². The van der Waals surface area contributed by atoms with E-state index >= 15 is 0 Å². The number of rotatable bonds is 4. The first-order valence-corrected chi connectivity index (χ1v) is 6.34. The second-order valence-electron chi connectivity index (χ2n) is 3.76. The van der Waals surface area contributed by atoms with Crippen LogP contribution in [0.1, 0.15) is 24.4 Å². The minimum Gasteiger partial charge on any atom is -0.304 e. The van der Waals surface area contributed by atoms with Crippen molar-refractivity contribution >= 4 is 27.9 Å². The maximum atomic E-state index is 5.74. The predicted octanol–water partition coefficient (Wildman–Crippen LogP) is 3.11. The van der Waals surface area contributed by atoms with Crippen molar-refractivity contribution in [3.8, 4) is 0 Å². The van der Waals surface area contributed by atoms with Gasteiger partial charge in [-0.25, -0.2) is 4.98 Å². The van der Waals surface area contributed by atoms with Crippen LogP contribution >= 0.6 is 22.9 Å². The van der Waals surface area contributed by atoms with Crippen LogP contribution in [-0.2, 0) is 0 Å². The zero-order valence-electron chi connectivity index (χ0n) is 9.33. The van der Waals surface area contributed by atoms with Crippen molar-refractivity contribution in [1.29, 1.82) is 0 Å². The number of thiazole rings is 1. The van der Waals surface area contributed by atoms with Crippen LogP contribution in [0.2, 0.25) is 0 Å². The molecule has 0 aliphatic heterocycles. The van der Waals surface area contributed by atoms with E-state index < -0.39 is 0 Å². The Morgan fingerprint density at radius 1 is 1.75 bits per heavy atom. The highest BCUT2D eigenvalue weighted by Crippen LogP contribution is 2.22. The van der Waals surface area contributed by atoms with E-state index in [-0.39, 0.29) is 6.04 Å². The van der Waals surface area contributed by atoms with Crippen LogP contribution in [0.25, 0.3) is 4.96 Å². The van der Waals surface area contributed by atoms with Gasteiger partial charge < -0.3 is 5.32 Å². The van der Waals surface area contributed by atoms with Crippen molar-refractivity contribution in [3.05, 3.63) is 34.6 Å². The molecule has 0 spiro atoms. The molecule has 5 heteroatoms. The average Bonchev–Trinajstić information content (AvgIpc) is 2.73. The minimum atomic E-state index is 0.208. The summed E-state index contributed by atoms with van der Waals surface area (Å²) in [5, 5.41) is 5.98. The van der Waals surface area contributed by atoms with Crippen LogP contribution in [0, 0.1) is 6.92 Å². The van der Waals surface area contributed by atoms with Gasteiger partial charge in [-0.05, 0) is 13.8 Å². The normalized spacial score (nSPS) is 13.2. The van der Waals surface area contributed by atoms with Gasteiger partial charge in [0.1, 0.15) is 0 Å². The quantitative estimate of drug-likeness (QED) is 0.910. The molecule has 0 amide bonds. The molecule has 0 aliphatic carbocycles. The van der Waals surface area contributed by atoms with E-state index in [0.717, 1.165) is 10.7 Å². The van der Waals surface area contributed by atoms with E-state index in [0.29, 0.717) is 11.6 Å². The number of halogens is 1. The van der Waals surface area contributed by atoms with Crippen molar-refractivity contribution in [1.82, 2.24) is 14.7 Å². The maximum absolute atomic E-state index is 5.74. The van der Waals surface area contributed by atoms with Crippen molar-refractivity contribution in [3.63, 3.8) is 0 Å². The molecule has 0 fully saturated rings. The average molecular weight is 256 g/mol. The first-order chi connectivity index (χ1) is 7.59. The smallest absolute Gasteiger partial charge is 0.194 e. The fourth-order valence-corrected chi connectivity index (χ4v) is 2.64. The Morgan fingerprint density at radius 2 is 2.50 bits per heavy atom. The number of fused-ring (bicyclic) bond motifs is 1. The summed E-state index contributed by atoms with van der Waals surface area (Å²) < 4.78 is 2.12. The Kier molecular flexibility index (Phi) is 3.33. The van der Waals surface area contributed by atoms with Gasteiger partial charge in [-0.1, -0.05) is 18.2 Å². The van der Waals surface area contributed by atoms with E-state index in [2.05, 4.69) is 28.2 Å². The summed E-state index contributed by atoms with van der Waals surface area (Å²) in [5.74, 6) is 0. The third kappa shape index (κ3) is 2.14. The number of imidazole rings is 1. The third-order valence-electron chi connectivity index (χ3n) is 2.49. The molecule has 16 heavy (non-hydrogen) atoms. The van der Waals surface area contributed by atoms with Gasteiger partial charge in [-0.15, -0.1) is 11.3 Å². The molecule has 2 aromatic rings. The van der Waals surface area contributed by atoms with Crippen LogP contribution in [0.15, 0.2) is 23.2 Å². The summed E-state index contributed by atoms with van der Waals surface area (Å²) in [5.41, 5.74) is 2.25. The molecule has 3 nitrogen and oxygen atoms in total. The van der Waals surface area contributed by atoms with Crippen molar-refractivity contribution in [2.24, 2.45) is 0 Å². The highest BCUT2D eigenvalue weighted by atomic mass is 35.5. The summed E-state index contributed by atoms with van der Waals surface area (Å²) >= 11 is 7.39. The topological polar surface area (TPSA) is 29.3 Å². The summed E-state index contributed by atoms with van der Waals surface area (Å²) in [6, 6.07) is 0.208. The molecule has 0 aliphatic rings. The van der Waals surface area contributed by atoms with Gasteiger partial charge >= 0.3 is 0 Å². The Hall–Kier alpha value is -0.840. The third-order valence-corrected chi connectivity index (χ3v) is 3.38. The van der Waals surface area contributed by atoms with Crippen LogP contribution in [0.4, 0.5) is 0 Å². The van der Waals surface area contributed by atoms with E-state index in [1.54, 1.807) is 11.3 Å². The first kappa shape index (κ1) is 11.6. The van der Waals surface area contributed by atoms with Crippen molar-refractivity contribution in [2.75, 3.05) is 6.54 Å². The molecule has 2 rings (SSSR count). The lowest BCUT2D eigenvalue weighted by molar-refractivity contribution is 0.591. The summed E-state index contributed by atoms with van der Waals surface area (Å²) in [7, 11) is 0. The van der Waals surface area contributed by atoms with Gasteiger partial charge in [-0.3, -0.25) is 4.40 Å². The first-order valence-electron chi connectivity index (χ1n) is 5.08. The highest BCUT2D eigenvalue weighted by Gasteiger charge is 2.15. The van der Waals surface area contributed by atoms with E-state index in [9.17, 15) is 0 Å². The summed E-state index contributed by atoms with van der Waals surface area (Å²) in [4.78, 5) is 5.54. The Morgan fingerprint density at radius 3 is 3.19 bits per heavy atom. The minimum absolute atomic E-state index is 0.208. The van der Waals surface area contributed by atoms with Crippen LogP contribution in [0.3, 0.4) is 0 Å². The van der Waals surface area contributed by atoms with Gasteiger partial charge in [-0.2, -0.15) is 0 Å². The largest absolute Gasteiger partial charge is 0.304 e. The molecule has 1 N–H and O–H groups in total. The number of nitrogens with zero attached hydrogens (tertiary/aromatic N) is 2. The Labute approximate surface area is 104 Å². The maximum Gasteiger partial charge on any atom is 0.194 e. The molecule has 0 radical (unpaired) electrons. The number of hydrogen-bond donors (Lipinski definition) is 1. The van der Waals surface area contributed by atoms with Gasteiger partial charge in [0, 0.05) is 29.2 Å². The molecule has 2 aromatic heterocycles. The number of hydrogen-bond acceptors (Lipinski definition) is 3. The van der Waals surface area contributed by atoms with E-state index in [1.807, 2.05) is 18.5 Å². The molecule has 0 bridgehead atoms. The van der Waals surface area contributed by atoms with Crippen LogP contribution < -0.4 is 5.32 Å². The Bertz CT molecular complexity index is 514. The SMILES string of the molecule is C=C(Cl)CNC(C)c1c(C)nc2sccn12. The fraction of sp³-hybridized carbons (Fsp3) is 0.364. The number of nitrogens with one attached hydrogen (secondary N) is 1. The molecule has 2 heterocycles. The molecule has 86 valence electrons. The van der Waals surface area contributed by atoms with Gasteiger partial charge in [0.25, 0.3) is 0 Å². The number of aryl methyl sites for hydroxylation is 1. The summed E-state index contributed by atoms with van der Waals surface area (Å²) in [6.07, 6.45) is 2.04. The lowest BCUT2D eigenvalue weighted by Gasteiger charge is -2.13. The lowest BCUT2D eigenvalue weighted by Crippen LogP contribution is -2.21.